The lowest BCUT2D eigenvalue weighted by molar-refractivity contribution is -0.385. The van der Waals surface area contributed by atoms with Gasteiger partial charge in [-0.3, -0.25) is 14.9 Å². The molecule has 0 atom stereocenters. The summed E-state index contributed by atoms with van der Waals surface area (Å²) in [5.41, 5.74) is 0.221. The van der Waals surface area contributed by atoms with Crippen molar-refractivity contribution < 1.29 is 19.6 Å². The first-order valence-electron chi connectivity index (χ1n) is 4.18. The van der Waals surface area contributed by atoms with Gasteiger partial charge in [0.15, 0.2) is 0 Å². The van der Waals surface area contributed by atoms with Gasteiger partial charge in [-0.2, -0.15) is 0 Å². The Morgan fingerprint density at radius 1 is 1.62 bits per heavy atom. The topological polar surface area (TPSA) is 89.7 Å². The predicted molar refractivity (Wildman–Crippen MR) is 58.7 cm³/mol. The maximum Gasteiger partial charge on any atom is 0.308 e. The average molecular weight is 290 g/mol. The predicted octanol–water partition coefficient (Wildman–Crippen LogP) is 1.99. The molecule has 7 heteroatoms. The minimum Gasteiger partial charge on any atom is -0.496 e. The number of nitrogens with zero attached hydrogens (tertiary/aromatic N) is 1. The lowest BCUT2D eigenvalue weighted by Gasteiger charge is -2.08. The number of halogens is 1. The lowest BCUT2D eigenvalue weighted by atomic mass is 10.1. The normalized spacial score (nSPS) is 9.88. The van der Waals surface area contributed by atoms with E-state index in [1.54, 1.807) is 0 Å². The van der Waals surface area contributed by atoms with Crippen molar-refractivity contribution in [3.8, 4) is 5.75 Å². The van der Waals surface area contributed by atoms with Crippen molar-refractivity contribution in [2.45, 2.75) is 6.42 Å². The van der Waals surface area contributed by atoms with Crippen LogP contribution in [0.1, 0.15) is 5.56 Å². The molecule has 0 aliphatic heterocycles. The number of hydrogen-bond acceptors (Lipinski definition) is 4. The molecular weight excluding hydrogens is 282 g/mol. The van der Waals surface area contributed by atoms with Crippen LogP contribution in [0.4, 0.5) is 5.69 Å². The highest BCUT2D eigenvalue weighted by atomic mass is 79.9. The minimum absolute atomic E-state index is 0.155. The number of nitro groups is 1. The van der Waals surface area contributed by atoms with Crippen LogP contribution in [0.5, 0.6) is 5.75 Å². The molecule has 0 heterocycles. The number of non-ortho nitro benzene ring substituents is 1. The van der Waals surface area contributed by atoms with E-state index in [4.69, 9.17) is 9.84 Å². The van der Waals surface area contributed by atoms with Gasteiger partial charge in [-0.05, 0) is 0 Å². The standard InChI is InChI=1S/C9H8BrNO5/c1-16-8-3-5(11(14)15)2-7(10)6(8)4-9(12)13/h2-3H,4H2,1H3,(H,12,13). The second-order valence-corrected chi connectivity index (χ2v) is 3.79. The monoisotopic (exact) mass is 289 g/mol. The Bertz CT molecular complexity index is 446. The van der Waals surface area contributed by atoms with E-state index >= 15 is 0 Å². The molecule has 0 saturated carbocycles. The van der Waals surface area contributed by atoms with Crippen molar-refractivity contribution in [1.29, 1.82) is 0 Å². The number of ether oxygens (including phenoxy) is 1. The SMILES string of the molecule is COc1cc([N+](=O)[O-])cc(Br)c1CC(=O)O. The largest absolute Gasteiger partial charge is 0.496 e. The summed E-state index contributed by atoms with van der Waals surface area (Å²) in [6, 6.07) is 2.45. The van der Waals surface area contributed by atoms with E-state index in [0.29, 0.717) is 10.0 Å². The molecule has 0 aliphatic rings. The van der Waals surface area contributed by atoms with Crippen LogP contribution in [0, 0.1) is 10.1 Å². The molecule has 0 aliphatic carbocycles. The number of aliphatic carboxylic acids is 1. The molecule has 1 rings (SSSR count). The third-order valence-corrected chi connectivity index (χ3v) is 2.61. The summed E-state index contributed by atoms with van der Waals surface area (Å²) in [4.78, 5) is 20.6. The fourth-order valence-electron chi connectivity index (χ4n) is 1.21. The molecule has 0 amide bonds. The minimum atomic E-state index is -1.03. The number of carbonyl (C=O) groups is 1. The van der Waals surface area contributed by atoms with Crippen LogP contribution < -0.4 is 4.74 Å². The average Bonchev–Trinajstić information content (AvgIpc) is 2.19. The van der Waals surface area contributed by atoms with E-state index in [1.807, 2.05) is 0 Å². The van der Waals surface area contributed by atoms with Crippen LogP contribution >= 0.6 is 15.9 Å². The molecule has 16 heavy (non-hydrogen) atoms. The Morgan fingerprint density at radius 2 is 2.25 bits per heavy atom. The fourth-order valence-corrected chi connectivity index (χ4v) is 1.78. The molecular formula is C9H8BrNO5. The van der Waals surface area contributed by atoms with Crippen LogP contribution in [-0.2, 0) is 11.2 Å². The summed E-state index contributed by atoms with van der Waals surface area (Å²) in [6.45, 7) is 0. The van der Waals surface area contributed by atoms with Crippen molar-refractivity contribution in [2.75, 3.05) is 7.11 Å². The van der Waals surface area contributed by atoms with E-state index in [2.05, 4.69) is 15.9 Å². The van der Waals surface area contributed by atoms with Gasteiger partial charge in [0.25, 0.3) is 5.69 Å². The zero-order chi connectivity index (χ0) is 12.3. The van der Waals surface area contributed by atoms with E-state index in [-0.39, 0.29) is 17.9 Å². The van der Waals surface area contributed by atoms with Gasteiger partial charge in [0, 0.05) is 16.1 Å². The number of benzene rings is 1. The molecule has 1 aromatic rings. The van der Waals surface area contributed by atoms with Crippen LogP contribution in [-0.4, -0.2) is 23.1 Å². The highest BCUT2D eigenvalue weighted by Crippen LogP contribution is 2.32. The molecule has 0 aromatic heterocycles. The Morgan fingerprint density at radius 3 is 2.69 bits per heavy atom. The van der Waals surface area contributed by atoms with Gasteiger partial charge in [-0.25, -0.2) is 0 Å². The fraction of sp³-hybridized carbons (Fsp3) is 0.222. The van der Waals surface area contributed by atoms with Crippen molar-refractivity contribution in [3.05, 3.63) is 32.3 Å². The lowest BCUT2D eigenvalue weighted by Crippen LogP contribution is -2.04. The van der Waals surface area contributed by atoms with Gasteiger partial charge in [0.2, 0.25) is 0 Å². The summed E-state index contributed by atoms with van der Waals surface area (Å²) in [6.07, 6.45) is -0.262. The van der Waals surface area contributed by atoms with E-state index < -0.39 is 10.9 Å². The molecule has 86 valence electrons. The van der Waals surface area contributed by atoms with Gasteiger partial charge in [-0.1, -0.05) is 15.9 Å². The van der Waals surface area contributed by atoms with Gasteiger partial charge in [0.1, 0.15) is 5.75 Å². The zero-order valence-corrected chi connectivity index (χ0v) is 9.85. The van der Waals surface area contributed by atoms with Gasteiger partial charge in [0.05, 0.1) is 24.5 Å². The Kier molecular flexibility index (Phi) is 3.83. The number of carboxylic acids is 1. The van der Waals surface area contributed by atoms with E-state index in [9.17, 15) is 14.9 Å². The Labute approximate surface area is 99.1 Å². The number of nitro benzene ring substituents is 1. The van der Waals surface area contributed by atoms with Crippen molar-refractivity contribution in [1.82, 2.24) is 0 Å². The summed E-state index contributed by atoms with van der Waals surface area (Å²) < 4.78 is 5.27. The third kappa shape index (κ3) is 2.69. The number of methoxy groups -OCH3 is 1. The number of rotatable bonds is 4. The van der Waals surface area contributed by atoms with Crippen molar-refractivity contribution in [2.24, 2.45) is 0 Å². The maximum atomic E-state index is 10.6. The van der Waals surface area contributed by atoms with E-state index in [0.717, 1.165) is 0 Å². The molecule has 0 bridgehead atoms. The zero-order valence-electron chi connectivity index (χ0n) is 8.27. The Hall–Kier alpha value is -1.63. The van der Waals surface area contributed by atoms with Crippen molar-refractivity contribution in [3.63, 3.8) is 0 Å². The first-order valence-corrected chi connectivity index (χ1v) is 4.97. The number of hydrogen-bond donors (Lipinski definition) is 1. The first-order chi connectivity index (χ1) is 7.45. The smallest absolute Gasteiger partial charge is 0.308 e. The highest BCUT2D eigenvalue weighted by Gasteiger charge is 2.17. The van der Waals surface area contributed by atoms with Crippen molar-refractivity contribution >= 4 is 27.6 Å². The molecule has 0 radical (unpaired) electrons. The third-order valence-electron chi connectivity index (χ3n) is 1.90. The molecule has 0 unspecified atom stereocenters. The summed E-state index contributed by atoms with van der Waals surface area (Å²) in [5.74, 6) is -0.851. The maximum absolute atomic E-state index is 10.6. The summed E-state index contributed by atoms with van der Waals surface area (Å²) in [7, 11) is 1.33. The first kappa shape index (κ1) is 12.4. The molecule has 6 nitrogen and oxygen atoms in total. The molecule has 0 spiro atoms. The Balaban J connectivity index is 3.28. The van der Waals surface area contributed by atoms with Crippen LogP contribution in [0.25, 0.3) is 0 Å². The molecule has 1 N–H and O–H groups in total. The molecule has 0 fully saturated rings. The van der Waals surface area contributed by atoms with Crippen LogP contribution in [0.2, 0.25) is 0 Å². The van der Waals surface area contributed by atoms with Crippen LogP contribution in [0.3, 0.4) is 0 Å². The quantitative estimate of drug-likeness (QED) is 0.676. The highest BCUT2D eigenvalue weighted by molar-refractivity contribution is 9.10. The summed E-state index contributed by atoms with van der Waals surface area (Å²) >= 11 is 3.09. The van der Waals surface area contributed by atoms with Gasteiger partial charge in [-0.15, -0.1) is 0 Å². The summed E-state index contributed by atoms with van der Waals surface area (Å²) in [5, 5.41) is 19.2. The molecule has 1 aromatic carbocycles. The number of carboxylic acid groups (broad SMARTS) is 1. The second-order valence-electron chi connectivity index (χ2n) is 2.94. The van der Waals surface area contributed by atoms with Gasteiger partial charge < -0.3 is 9.84 Å². The van der Waals surface area contributed by atoms with Crippen LogP contribution in [0.15, 0.2) is 16.6 Å². The second kappa shape index (κ2) is 4.93. The van der Waals surface area contributed by atoms with Gasteiger partial charge >= 0.3 is 5.97 Å². The van der Waals surface area contributed by atoms with E-state index in [1.165, 1.54) is 19.2 Å². The molecule has 0 saturated heterocycles.